The Morgan fingerprint density at radius 3 is 1.37 bits per heavy atom. The monoisotopic (exact) mass is 1620 g/mol. The van der Waals surface area contributed by atoms with Gasteiger partial charge in [0.05, 0.1) is 0 Å². The number of halogens is 6. The van der Waals surface area contributed by atoms with E-state index in [2.05, 4.69) is 175 Å². The van der Waals surface area contributed by atoms with Gasteiger partial charge in [-0.1, -0.05) is 97.1 Å². The Bertz CT molecular complexity index is 1750. The number of hydrogen-bond acceptors (Lipinski definition) is 14. The number of para-hydroxylation sites is 2. The molecule has 6 rings (SSSR count). The molecule has 2 aliphatic heterocycles. The zero-order chi connectivity index (χ0) is 50.1. The summed E-state index contributed by atoms with van der Waals surface area (Å²) in [6.07, 6.45) is 0.858. The van der Waals surface area contributed by atoms with Crippen LogP contribution in [0.5, 0.6) is 11.5 Å². The van der Waals surface area contributed by atoms with E-state index < -0.39 is 11.5 Å². The topological polar surface area (TPSA) is 286 Å². The second-order valence-electron chi connectivity index (χ2n) is 12.0. The average Bonchev–Trinajstić information content (AvgIpc) is 3.37. The van der Waals surface area contributed by atoms with Crippen LogP contribution in [-0.4, -0.2) is 135 Å². The number of benzene rings is 4. The number of rotatable bonds is 7. The van der Waals surface area contributed by atoms with E-state index in [0.717, 1.165) is 52.4 Å². The van der Waals surface area contributed by atoms with Gasteiger partial charge in [-0.15, -0.1) is 5.16 Å². The Morgan fingerprint density at radius 1 is 0.743 bits per heavy atom. The fourth-order valence-corrected chi connectivity index (χ4v) is 5.14. The van der Waals surface area contributed by atoms with Crippen LogP contribution in [0.1, 0.15) is 19.5 Å². The van der Waals surface area contributed by atoms with Gasteiger partial charge in [-0.3, -0.25) is 14.6 Å². The standard InChI is InChI=1S/C13H19N3O.C11H16N2.C8H9NO2.C7H5ClO2.C2H5NO.CH5N.CH2O3.I3.I2.2K.2H2O.H/c1-14-13(17)16-9-7-15(8-10-16)11-12-5-3-2-4-6-12;1-2-4-11(5-3-1)10-13-8-6-12-7-9-13;1-9-8(10)11-7-5-3-2-4-6-7;8-7(9)10-6-4-2-1-3-5-6;1-2-3-4;1-2;2-1-4-3;1-3-2;1-2;;;;;/h2-6H,7-11H2,1H3,(H,14,17);1-5,12H,6-10H2;2-6H,1H3,(H,9,10);1-5H;2,4H,1H3;2H2,1H3;1,3H;;;;;2*1H2;/q;;;;;;;-1;;2*+1;;;-1/p-1/b;;;;3-2-;;;;;;;;;. The Kier molecular flexibility index (Phi) is 79.7. The Hall–Kier alpha value is 0.763. The maximum atomic E-state index is 11.4. The fourth-order valence-electron chi connectivity index (χ4n) is 5.05. The number of urea groups is 1. The van der Waals surface area contributed by atoms with Crippen molar-refractivity contribution in [3.63, 3.8) is 0 Å². The van der Waals surface area contributed by atoms with Gasteiger partial charge in [-0.05, 0) is 49.4 Å². The zero-order valence-corrected chi connectivity index (χ0v) is 57.9. The van der Waals surface area contributed by atoms with Crippen molar-refractivity contribution in [2.24, 2.45) is 10.9 Å². The van der Waals surface area contributed by atoms with Crippen LogP contribution in [0.4, 0.5) is 14.4 Å². The Balaban J connectivity index is -0.000000112. The molecule has 0 aromatic heterocycles. The van der Waals surface area contributed by atoms with Gasteiger partial charge < -0.3 is 63.8 Å². The van der Waals surface area contributed by atoms with Crippen LogP contribution in [0, 0.1) is 0 Å². The quantitative estimate of drug-likeness (QED) is 0.0188. The van der Waals surface area contributed by atoms with Crippen molar-refractivity contribution in [2.75, 3.05) is 73.5 Å². The maximum Gasteiger partial charge on any atom is 1.00 e. The van der Waals surface area contributed by atoms with Crippen molar-refractivity contribution in [2.45, 2.75) is 20.0 Å². The zero-order valence-electron chi connectivity index (χ0n) is 41.1. The minimum atomic E-state index is -0.814. The second kappa shape index (κ2) is 65.9. The van der Waals surface area contributed by atoms with Crippen molar-refractivity contribution in [3.05, 3.63) is 132 Å². The first-order chi connectivity index (χ1) is 32.1. The van der Waals surface area contributed by atoms with Crippen LogP contribution in [0.25, 0.3) is 0 Å². The number of ether oxygens (including phenoxy) is 2. The van der Waals surface area contributed by atoms with E-state index in [4.69, 9.17) is 31.6 Å². The summed E-state index contributed by atoms with van der Waals surface area (Å²) in [6.45, 7) is 11.7. The third kappa shape index (κ3) is 53.6. The molecule has 2 aliphatic rings. The molecule has 0 atom stereocenters. The summed E-state index contributed by atoms with van der Waals surface area (Å²) in [5, 5.41) is 26.9. The Morgan fingerprint density at radius 2 is 1.07 bits per heavy atom. The number of carbonyl (C=O) groups is 4. The van der Waals surface area contributed by atoms with Crippen LogP contribution in [0.2, 0.25) is 0 Å². The summed E-state index contributed by atoms with van der Waals surface area (Å²) in [6, 6.07) is 38.7. The van der Waals surface area contributed by atoms with Gasteiger partial charge in [-0.2, -0.15) is 0 Å². The minimum absolute atomic E-state index is 0. The molecule has 2 saturated heterocycles. The van der Waals surface area contributed by atoms with Gasteiger partial charge in [0.1, 0.15) is 11.5 Å². The van der Waals surface area contributed by atoms with Crippen molar-refractivity contribution in [3.8, 4) is 11.5 Å². The number of hydrogen-bond donors (Lipinski definition) is 5. The summed E-state index contributed by atoms with van der Waals surface area (Å²) in [5.74, 6) is 1.01. The molecule has 4 aromatic rings. The van der Waals surface area contributed by atoms with E-state index in [1.54, 1.807) is 62.5 Å². The van der Waals surface area contributed by atoms with E-state index >= 15 is 0 Å². The van der Waals surface area contributed by atoms with Crippen LogP contribution in [-0.2, 0) is 22.8 Å². The number of nitrogens with one attached hydrogen (secondary N) is 3. The summed E-state index contributed by atoms with van der Waals surface area (Å²) >= 11 is 14.5. The van der Waals surface area contributed by atoms with E-state index in [1.165, 1.54) is 44.5 Å². The molecule has 0 saturated carbocycles. The van der Waals surface area contributed by atoms with Crippen molar-refractivity contribution < 1.29 is 172 Å². The van der Waals surface area contributed by atoms with E-state index in [9.17, 15) is 14.4 Å². The van der Waals surface area contributed by atoms with Crippen LogP contribution >= 0.6 is 86.1 Å². The normalized spacial score (nSPS) is 11.6. The molecule has 0 radical (unpaired) electrons. The first-order valence-electron chi connectivity index (χ1n) is 19.6. The van der Waals surface area contributed by atoms with Crippen molar-refractivity contribution in [1.82, 2.24) is 30.7 Å². The molecular formula is C43H65ClI5K2N8O11-. The SMILES string of the molecule is C/C=N\O.CN.CNC(=O)N1CCN(Cc2ccccc2)CC1.CNC(=O)Oc1ccccc1.II.I[I-]I.O.O.O=C(Cl)Oc1ccccc1.O=CO[O-].[H-].[K+].[K+].c1ccc(CN2CCNCC2)cc1. The number of nitrogens with zero attached hydrogens (tertiary/aromatic N) is 4. The molecule has 19 nitrogen and oxygen atoms in total. The van der Waals surface area contributed by atoms with Crippen LogP contribution < -0.4 is 152 Å². The molecule has 2 heterocycles. The number of carbonyl (C=O) groups excluding carboxylic acids is 4. The van der Waals surface area contributed by atoms with Gasteiger partial charge >= 0.3 is 171 Å². The number of amides is 3. The molecule has 70 heavy (non-hydrogen) atoms. The number of oxime groups is 1. The molecule has 0 unspecified atom stereocenters. The smallest absolute Gasteiger partial charge is 1.00 e. The predicted octanol–water partition coefficient (Wildman–Crippen LogP) is -2.44. The van der Waals surface area contributed by atoms with Crippen molar-refractivity contribution in [1.29, 1.82) is 0 Å². The molecule has 0 bridgehead atoms. The fraction of sp³-hybridized carbons (Fsp3) is 0.326. The van der Waals surface area contributed by atoms with E-state index in [1.807, 2.05) is 23.1 Å². The summed E-state index contributed by atoms with van der Waals surface area (Å²) < 4.78 is 9.35. The first-order valence-corrected chi connectivity index (χ1v) is 38.8. The summed E-state index contributed by atoms with van der Waals surface area (Å²) in [5.41, 5.74) is 6.44. The molecule has 0 spiro atoms. The van der Waals surface area contributed by atoms with Gasteiger partial charge in [0.25, 0.3) is 6.47 Å². The molecule has 3 amide bonds. The van der Waals surface area contributed by atoms with Crippen LogP contribution in [0.3, 0.4) is 0 Å². The summed E-state index contributed by atoms with van der Waals surface area (Å²) in [7, 11) is 4.70. The second-order valence-corrected chi connectivity index (χ2v) is 28.6. The summed E-state index contributed by atoms with van der Waals surface area (Å²) in [4.78, 5) is 50.2. The molecule has 0 aliphatic carbocycles. The molecule has 4 aromatic carbocycles. The first kappa shape index (κ1) is 84.7. The van der Waals surface area contributed by atoms with Gasteiger partial charge in [0.2, 0.25) is 0 Å². The largest absolute Gasteiger partial charge is 1.00 e. The van der Waals surface area contributed by atoms with Crippen molar-refractivity contribution >= 4 is 116 Å². The van der Waals surface area contributed by atoms with Gasteiger partial charge in [-0.25, -0.2) is 14.4 Å². The van der Waals surface area contributed by atoms with Gasteiger partial charge in [0.15, 0.2) is 0 Å². The minimum Gasteiger partial charge on any atom is -1.00 e. The van der Waals surface area contributed by atoms with Crippen LogP contribution in [0.15, 0.2) is 126 Å². The number of nitrogens with two attached hydrogens (primary N) is 1. The molecule has 388 valence electrons. The number of piperazine rings is 2. The third-order valence-electron chi connectivity index (χ3n) is 7.83. The molecule has 27 heteroatoms. The predicted molar refractivity (Wildman–Crippen MR) is 300 cm³/mol. The molecular weight excluding hydrogens is 1550 g/mol. The molecule has 10 N–H and O–H groups in total. The third-order valence-corrected chi connectivity index (χ3v) is 7.91. The van der Waals surface area contributed by atoms with E-state index in [-0.39, 0.29) is 128 Å². The van der Waals surface area contributed by atoms with E-state index in [0.29, 0.717) is 24.8 Å². The maximum absolute atomic E-state index is 11.4. The average molecular weight is 1620 g/mol. The Labute approximate surface area is 557 Å². The molecule has 2 fully saturated rings. The van der Waals surface area contributed by atoms with Gasteiger partial charge in [0, 0.05) is 135 Å².